The van der Waals surface area contributed by atoms with Gasteiger partial charge in [-0.05, 0) is 5.41 Å². The molecule has 0 saturated heterocycles. The lowest BCUT2D eigenvalue weighted by Crippen LogP contribution is -2.21. The maximum absolute atomic E-state index is 8.92. The number of methoxy groups -OCH3 is 1. The Morgan fingerprint density at radius 1 is 1.47 bits per heavy atom. The zero-order chi connectivity index (χ0) is 14.0. The number of nitrogens with zero attached hydrogens (tertiary/aromatic N) is 4. The highest BCUT2D eigenvalue weighted by atomic mass is 16.5. The fraction of sp³-hybridized carbons (Fsp3) is 0.500. The largest absolute Gasteiger partial charge is 0.373 e. The average molecular weight is 261 g/mol. The maximum atomic E-state index is 8.92. The minimum absolute atomic E-state index is 0.162. The molecular formula is C12H15N5O2. The first kappa shape index (κ1) is 13.2. The first-order chi connectivity index (χ1) is 8.97. The van der Waals surface area contributed by atoms with Crippen LogP contribution in [0.25, 0.3) is 11.5 Å². The number of nitrogens with one attached hydrogen (secondary N) is 1. The molecule has 0 aliphatic rings. The fourth-order valence-corrected chi connectivity index (χ4v) is 1.83. The van der Waals surface area contributed by atoms with Crippen LogP contribution in [-0.4, -0.2) is 27.4 Å². The summed E-state index contributed by atoms with van der Waals surface area (Å²) in [4.78, 5) is 4.29. The Kier molecular flexibility index (Phi) is 3.36. The van der Waals surface area contributed by atoms with E-state index in [1.54, 1.807) is 7.11 Å². The minimum atomic E-state index is -0.289. The van der Waals surface area contributed by atoms with Gasteiger partial charge in [0.1, 0.15) is 17.9 Å². The van der Waals surface area contributed by atoms with Gasteiger partial charge in [0, 0.05) is 7.11 Å². The van der Waals surface area contributed by atoms with Gasteiger partial charge >= 0.3 is 0 Å². The van der Waals surface area contributed by atoms with Gasteiger partial charge in [-0.15, -0.1) is 0 Å². The quantitative estimate of drug-likeness (QED) is 0.907. The van der Waals surface area contributed by atoms with Crippen LogP contribution in [0, 0.1) is 16.7 Å². The molecule has 0 aromatic carbocycles. The molecule has 1 N–H and O–H groups in total. The summed E-state index contributed by atoms with van der Waals surface area (Å²) >= 11 is 0. The van der Waals surface area contributed by atoms with E-state index in [1.165, 1.54) is 6.20 Å². The number of hydrogen-bond donors (Lipinski definition) is 1. The Balaban J connectivity index is 2.37. The molecule has 0 radical (unpaired) electrons. The number of hydrogen-bond acceptors (Lipinski definition) is 6. The van der Waals surface area contributed by atoms with Crippen molar-refractivity contribution < 1.29 is 9.26 Å². The van der Waals surface area contributed by atoms with Crippen molar-refractivity contribution in [1.82, 2.24) is 20.3 Å². The Morgan fingerprint density at radius 3 is 2.79 bits per heavy atom. The zero-order valence-electron chi connectivity index (χ0n) is 11.3. The molecule has 0 saturated carbocycles. The predicted molar refractivity (Wildman–Crippen MR) is 65.8 cm³/mol. The third-order valence-electron chi connectivity index (χ3n) is 2.68. The van der Waals surface area contributed by atoms with E-state index in [1.807, 2.05) is 26.8 Å². The topological polar surface area (TPSA) is 101 Å². The van der Waals surface area contributed by atoms with E-state index in [4.69, 9.17) is 14.5 Å². The predicted octanol–water partition coefficient (Wildman–Crippen LogP) is 2.06. The normalized spacial score (nSPS) is 13.2. The summed E-state index contributed by atoms with van der Waals surface area (Å²) in [7, 11) is 1.60. The Bertz CT molecular complexity index is 602. The fourth-order valence-electron chi connectivity index (χ4n) is 1.83. The van der Waals surface area contributed by atoms with Gasteiger partial charge in [0.25, 0.3) is 5.89 Å². The summed E-state index contributed by atoms with van der Waals surface area (Å²) in [5, 5.41) is 19.2. The molecule has 1 atom stereocenters. The van der Waals surface area contributed by atoms with Crippen molar-refractivity contribution >= 4 is 0 Å². The number of H-pyrrole nitrogens is 1. The van der Waals surface area contributed by atoms with Crippen LogP contribution in [0.3, 0.4) is 0 Å². The van der Waals surface area contributed by atoms with E-state index in [0.717, 1.165) is 0 Å². The molecule has 0 fully saturated rings. The first-order valence-electron chi connectivity index (χ1n) is 5.77. The standard InChI is InChI=1S/C12H15N5O2/c1-12(2,3)9(18-4)10-15-11(19-17-10)7-6-14-16-8(7)5-13/h6,9H,1-4H3,(H,14,16). The lowest BCUT2D eigenvalue weighted by Gasteiger charge is -2.26. The summed E-state index contributed by atoms with van der Waals surface area (Å²) in [5.41, 5.74) is 0.620. The molecule has 0 bridgehead atoms. The van der Waals surface area contributed by atoms with E-state index in [0.29, 0.717) is 17.1 Å². The molecule has 2 aromatic rings. The highest BCUT2D eigenvalue weighted by Gasteiger charge is 2.31. The summed E-state index contributed by atoms with van der Waals surface area (Å²) in [6.07, 6.45) is 1.19. The van der Waals surface area contributed by atoms with Crippen LogP contribution < -0.4 is 0 Å². The van der Waals surface area contributed by atoms with Crippen LogP contribution in [0.2, 0.25) is 0 Å². The molecule has 2 rings (SSSR count). The minimum Gasteiger partial charge on any atom is -0.373 e. The van der Waals surface area contributed by atoms with Gasteiger partial charge in [0.2, 0.25) is 5.82 Å². The van der Waals surface area contributed by atoms with E-state index in [-0.39, 0.29) is 17.4 Å². The SMILES string of the molecule is COC(c1noc(-c2cn[nH]c2C#N)n1)C(C)(C)C. The smallest absolute Gasteiger partial charge is 0.262 e. The number of aromatic nitrogens is 4. The Hall–Kier alpha value is -2.20. The summed E-state index contributed by atoms with van der Waals surface area (Å²) in [6, 6.07) is 1.98. The number of rotatable bonds is 3. The van der Waals surface area contributed by atoms with Crippen molar-refractivity contribution in [3.8, 4) is 17.5 Å². The van der Waals surface area contributed by atoms with Crippen LogP contribution in [0.4, 0.5) is 0 Å². The first-order valence-corrected chi connectivity index (χ1v) is 5.77. The number of ether oxygens (including phenoxy) is 1. The highest BCUT2D eigenvalue weighted by Crippen LogP contribution is 2.34. The monoisotopic (exact) mass is 261 g/mol. The van der Waals surface area contributed by atoms with Crippen LogP contribution in [0.15, 0.2) is 10.7 Å². The van der Waals surface area contributed by atoms with Crippen molar-refractivity contribution in [2.45, 2.75) is 26.9 Å². The van der Waals surface area contributed by atoms with E-state index in [2.05, 4.69) is 20.3 Å². The molecule has 2 aromatic heterocycles. The van der Waals surface area contributed by atoms with Gasteiger partial charge in [0.15, 0.2) is 0 Å². The molecule has 1 unspecified atom stereocenters. The molecule has 0 aliphatic heterocycles. The number of nitriles is 1. The maximum Gasteiger partial charge on any atom is 0.262 e. The molecule has 19 heavy (non-hydrogen) atoms. The van der Waals surface area contributed by atoms with Gasteiger partial charge in [-0.3, -0.25) is 5.10 Å². The van der Waals surface area contributed by atoms with Crippen LogP contribution in [-0.2, 0) is 4.74 Å². The third kappa shape index (κ3) is 2.48. The second kappa shape index (κ2) is 4.82. The van der Waals surface area contributed by atoms with Crippen LogP contribution >= 0.6 is 0 Å². The zero-order valence-corrected chi connectivity index (χ0v) is 11.3. The number of aromatic amines is 1. The van der Waals surface area contributed by atoms with Gasteiger partial charge in [-0.2, -0.15) is 15.3 Å². The lowest BCUT2D eigenvalue weighted by molar-refractivity contribution is 0.00718. The van der Waals surface area contributed by atoms with Crippen molar-refractivity contribution in [2.24, 2.45) is 5.41 Å². The summed E-state index contributed by atoms with van der Waals surface area (Å²) in [6.45, 7) is 6.07. The van der Waals surface area contributed by atoms with Crippen LogP contribution in [0.1, 0.15) is 38.4 Å². The molecule has 7 nitrogen and oxygen atoms in total. The molecule has 0 aliphatic carbocycles. The van der Waals surface area contributed by atoms with Crippen molar-refractivity contribution in [3.63, 3.8) is 0 Å². The van der Waals surface area contributed by atoms with E-state index < -0.39 is 0 Å². The molecular weight excluding hydrogens is 246 g/mol. The third-order valence-corrected chi connectivity index (χ3v) is 2.68. The van der Waals surface area contributed by atoms with E-state index in [9.17, 15) is 0 Å². The lowest BCUT2D eigenvalue weighted by atomic mass is 9.88. The molecule has 0 amide bonds. The molecule has 0 spiro atoms. The Labute approximate surface area is 110 Å². The summed E-state index contributed by atoms with van der Waals surface area (Å²) in [5.74, 6) is 0.710. The highest BCUT2D eigenvalue weighted by molar-refractivity contribution is 5.59. The second-order valence-corrected chi connectivity index (χ2v) is 5.21. The van der Waals surface area contributed by atoms with E-state index >= 15 is 0 Å². The van der Waals surface area contributed by atoms with Crippen molar-refractivity contribution in [3.05, 3.63) is 17.7 Å². The van der Waals surface area contributed by atoms with Gasteiger partial charge in [-0.25, -0.2) is 0 Å². The van der Waals surface area contributed by atoms with Crippen molar-refractivity contribution in [1.29, 1.82) is 5.26 Å². The Morgan fingerprint density at radius 2 is 2.21 bits per heavy atom. The van der Waals surface area contributed by atoms with Gasteiger partial charge < -0.3 is 9.26 Å². The summed E-state index contributed by atoms with van der Waals surface area (Å²) < 4.78 is 10.6. The van der Waals surface area contributed by atoms with Gasteiger partial charge in [0.05, 0.1) is 11.8 Å². The average Bonchev–Trinajstić information content (AvgIpc) is 2.94. The molecule has 2 heterocycles. The van der Waals surface area contributed by atoms with Crippen LogP contribution in [0.5, 0.6) is 0 Å². The second-order valence-electron chi connectivity index (χ2n) is 5.21. The van der Waals surface area contributed by atoms with Crippen molar-refractivity contribution in [2.75, 3.05) is 7.11 Å². The molecule has 7 heteroatoms. The van der Waals surface area contributed by atoms with Gasteiger partial charge in [-0.1, -0.05) is 25.9 Å². The molecule has 100 valence electrons.